The van der Waals surface area contributed by atoms with E-state index in [1.165, 1.54) is 0 Å². The summed E-state index contributed by atoms with van der Waals surface area (Å²) in [5, 5.41) is 0.588. The van der Waals surface area contributed by atoms with Crippen LogP contribution >= 0.6 is 11.6 Å². The van der Waals surface area contributed by atoms with E-state index in [1.54, 1.807) is 13.2 Å². The van der Waals surface area contributed by atoms with Crippen molar-refractivity contribution in [2.75, 3.05) is 39.8 Å². The average Bonchev–Trinajstić information content (AvgIpc) is 2.49. The van der Waals surface area contributed by atoms with Crippen molar-refractivity contribution in [3.8, 4) is 5.75 Å². The first-order valence-electron chi connectivity index (χ1n) is 6.96. The number of methoxy groups -OCH3 is 1. The molecule has 1 aliphatic heterocycles. The molecule has 5 heteroatoms. The summed E-state index contributed by atoms with van der Waals surface area (Å²) in [7, 11) is 1.60. The van der Waals surface area contributed by atoms with Crippen LogP contribution in [0.3, 0.4) is 0 Å². The fraction of sp³-hybridized carbons (Fsp3) is 0.533. The Morgan fingerprint density at radius 2 is 2.00 bits per heavy atom. The molecule has 1 aliphatic rings. The molecule has 2 rings (SSSR count). The summed E-state index contributed by atoms with van der Waals surface area (Å²) >= 11 is 6.18. The second-order valence-corrected chi connectivity index (χ2v) is 5.36. The molecule has 0 saturated carbocycles. The Hall–Kier alpha value is -1.26. The quantitative estimate of drug-likeness (QED) is 0.852. The van der Waals surface area contributed by atoms with Gasteiger partial charge in [-0.25, -0.2) is 0 Å². The van der Waals surface area contributed by atoms with Crippen molar-refractivity contribution >= 4 is 17.5 Å². The number of nitrogens with zero attached hydrogens (tertiary/aromatic N) is 2. The van der Waals surface area contributed by atoms with Gasteiger partial charge in [0, 0.05) is 31.2 Å². The van der Waals surface area contributed by atoms with Crippen LogP contribution < -0.4 is 4.74 Å². The van der Waals surface area contributed by atoms with Crippen LogP contribution in [0.5, 0.6) is 5.75 Å². The second kappa shape index (κ2) is 6.95. The maximum Gasteiger partial charge on any atom is 0.227 e. The number of carbonyl (C=O) groups is 1. The lowest BCUT2D eigenvalue weighted by Gasteiger charge is -2.34. The summed E-state index contributed by atoms with van der Waals surface area (Å²) in [5.74, 6) is 0.857. The van der Waals surface area contributed by atoms with E-state index in [9.17, 15) is 4.79 Å². The van der Waals surface area contributed by atoms with Crippen LogP contribution in [-0.4, -0.2) is 55.5 Å². The zero-order valence-electron chi connectivity index (χ0n) is 12.1. The van der Waals surface area contributed by atoms with E-state index in [1.807, 2.05) is 17.0 Å². The van der Waals surface area contributed by atoms with Crippen LogP contribution in [-0.2, 0) is 11.2 Å². The maximum atomic E-state index is 12.3. The number of rotatable bonds is 4. The van der Waals surface area contributed by atoms with Gasteiger partial charge in [0.05, 0.1) is 13.5 Å². The normalized spacial score (nSPS) is 16.2. The molecule has 1 amide bonds. The van der Waals surface area contributed by atoms with E-state index in [4.69, 9.17) is 16.3 Å². The topological polar surface area (TPSA) is 32.8 Å². The summed E-state index contributed by atoms with van der Waals surface area (Å²) in [4.78, 5) is 16.6. The number of hydrogen-bond donors (Lipinski definition) is 0. The molecule has 1 fully saturated rings. The summed E-state index contributed by atoms with van der Waals surface area (Å²) in [5.41, 5.74) is 0.857. The number of ether oxygens (including phenoxy) is 1. The largest absolute Gasteiger partial charge is 0.497 e. The molecular weight excluding hydrogens is 276 g/mol. The molecule has 0 aliphatic carbocycles. The molecule has 1 aromatic rings. The lowest BCUT2D eigenvalue weighted by Crippen LogP contribution is -2.48. The van der Waals surface area contributed by atoms with Gasteiger partial charge in [-0.1, -0.05) is 24.6 Å². The van der Waals surface area contributed by atoms with E-state index in [-0.39, 0.29) is 5.91 Å². The predicted molar refractivity (Wildman–Crippen MR) is 80.4 cm³/mol. The van der Waals surface area contributed by atoms with Gasteiger partial charge >= 0.3 is 0 Å². The number of amides is 1. The van der Waals surface area contributed by atoms with Gasteiger partial charge in [0.15, 0.2) is 0 Å². The molecule has 1 aromatic carbocycles. The molecule has 0 radical (unpaired) electrons. The summed E-state index contributed by atoms with van der Waals surface area (Å²) < 4.78 is 5.11. The SMILES string of the molecule is CCN1CCN(C(=O)Cc2ccc(OC)cc2Cl)CC1. The van der Waals surface area contributed by atoms with Crippen LogP contribution in [0, 0.1) is 0 Å². The molecule has 1 heterocycles. The standard InChI is InChI=1S/C15H21ClN2O2/c1-3-17-6-8-18(9-7-17)15(19)10-12-4-5-13(20-2)11-14(12)16/h4-5,11H,3,6-10H2,1-2H3. The van der Waals surface area contributed by atoms with Crippen molar-refractivity contribution in [2.45, 2.75) is 13.3 Å². The number of halogens is 1. The Bertz CT molecular complexity index is 471. The van der Waals surface area contributed by atoms with Crippen molar-refractivity contribution in [3.63, 3.8) is 0 Å². The smallest absolute Gasteiger partial charge is 0.227 e. The van der Waals surface area contributed by atoms with E-state index in [2.05, 4.69) is 11.8 Å². The number of likely N-dealkylation sites (N-methyl/N-ethyl adjacent to an activating group) is 1. The average molecular weight is 297 g/mol. The third kappa shape index (κ3) is 3.64. The first kappa shape index (κ1) is 15.1. The minimum atomic E-state index is 0.146. The Labute approximate surface area is 125 Å². The van der Waals surface area contributed by atoms with Crippen LogP contribution in [0.4, 0.5) is 0 Å². The summed E-state index contributed by atoms with van der Waals surface area (Å²) in [6, 6.07) is 5.45. The van der Waals surface area contributed by atoms with Crippen LogP contribution in [0.15, 0.2) is 18.2 Å². The highest BCUT2D eigenvalue weighted by Gasteiger charge is 2.20. The third-order valence-electron chi connectivity index (χ3n) is 3.77. The molecule has 0 aromatic heterocycles. The van der Waals surface area contributed by atoms with E-state index >= 15 is 0 Å². The van der Waals surface area contributed by atoms with Crippen molar-refractivity contribution < 1.29 is 9.53 Å². The van der Waals surface area contributed by atoms with Gasteiger partial charge in [0.25, 0.3) is 0 Å². The van der Waals surface area contributed by atoms with Crippen LogP contribution in [0.25, 0.3) is 0 Å². The van der Waals surface area contributed by atoms with Gasteiger partial charge in [-0.2, -0.15) is 0 Å². The molecule has 0 N–H and O–H groups in total. The van der Waals surface area contributed by atoms with Gasteiger partial charge in [-0.15, -0.1) is 0 Å². The lowest BCUT2D eigenvalue weighted by molar-refractivity contribution is -0.132. The van der Waals surface area contributed by atoms with Crippen molar-refractivity contribution in [1.29, 1.82) is 0 Å². The van der Waals surface area contributed by atoms with Crippen LogP contribution in [0.1, 0.15) is 12.5 Å². The molecule has 0 bridgehead atoms. The molecule has 1 saturated heterocycles. The molecule has 4 nitrogen and oxygen atoms in total. The first-order chi connectivity index (χ1) is 9.63. The zero-order valence-corrected chi connectivity index (χ0v) is 12.8. The molecule has 0 unspecified atom stereocenters. The molecule has 0 spiro atoms. The Kier molecular flexibility index (Phi) is 5.26. The summed E-state index contributed by atoms with van der Waals surface area (Å²) in [6.45, 7) is 6.72. The third-order valence-corrected chi connectivity index (χ3v) is 4.13. The zero-order chi connectivity index (χ0) is 14.5. The predicted octanol–water partition coefficient (Wildman–Crippen LogP) is 2.06. The number of piperazine rings is 1. The number of hydrogen-bond acceptors (Lipinski definition) is 3. The monoisotopic (exact) mass is 296 g/mol. The Morgan fingerprint density at radius 1 is 1.30 bits per heavy atom. The molecule has 0 atom stereocenters. The number of carbonyl (C=O) groups excluding carboxylic acids is 1. The maximum absolute atomic E-state index is 12.3. The minimum absolute atomic E-state index is 0.146. The second-order valence-electron chi connectivity index (χ2n) is 4.95. The minimum Gasteiger partial charge on any atom is -0.497 e. The Balaban J connectivity index is 1.95. The fourth-order valence-electron chi connectivity index (χ4n) is 2.39. The van der Waals surface area contributed by atoms with Crippen molar-refractivity contribution in [1.82, 2.24) is 9.80 Å². The fourth-order valence-corrected chi connectivity index (χ4v) is 2.62. The van der Waals surface area contributed by atoms with E-state index in [0.717, 1.165) is 38.3 Å². The van der Waals surface area contributed by atoms with Gasteiger partial charge < -0.3 is 14.5 Å². The summed E-state index contributed by atoms with van der Waals surface area (Å²) in [6.07, 6.45) is 0.356. The molecule has 110 valence electrons. The van der Waals surface area contributed by atoms with Gasteiger partial charge in [0.2, 0.25) is 5.91 Å². The Morgan fingerprint density at radius 3 is 2.55 bits per heavy atom. The highest BCUT2D eigenvalue weighted by atomic mass is 35.5. The highest BCUT2D eigenvalue weighted by molar-refractivity contribution is 6.31. The van der Waals surface area contributed by atoms with Crippen LogP contribution in [0.2, 0.25) is 5.02 Å². The van der Waals surface area contributed by atoms with Crippen molar-refractivity contribution in [2.24, 2.45) is 0 Å². The number of benzene rings is 1. The molecule has 20 heavy (non-hydrogen) atoms. The lowest BCUT2D eigenvalue weighted by atomic mass is 10.1. The van der Waals surface area contributed by atoms with Crippen molar-refractivity contribution in [3.05, 3.63) is 28.8 Å². The van der Waals surface area contributed by atoms with Gasteiger partial charge in [-0.05, 0) is 24.2 Å². The highest BCUT2D eigenvalue weighted by Crippen LogP contribution is 2.23. The van der Waals surface area contributed by atoms with E-state index < -0.39 is 0 Å². The first-order valence-corrected chi connectivity index (χ1v) is 7.34. The van der Waals surface area contributed by atoms with Gasteiger partial charge in [0.1, 0.15) is 5.75 Å². The van der Waals surface area contributed by atoms with Gasteiger partial charge in [-0.3, -0.25) is 4.79 Å². The van der Waals surface area contributed by atoms with E-state index in [0.29, 0.717) is 17.2 Å². The molecular formula is C15H21ClN2O2.